The van der Waals surface area contributed by atoms with Gasteiger partial charge in [0.25, 0.3) is 11.6 Å². The minimum atomic E-state index is -5.08. The summed E-state index contributed by atoms with van der Waals surface area (Å²) in [5.41, 5.74) is -3.27. The van der Waals surface area contributed by atoms with Crippen molar-refractivity contribution in [3.8, 4) is 11.6 Å². The van der Waals surface area contributed by atoms with Gasteiger partial charge in [0.1, 0.15) is 0 Å². The van der Waals surface area contributed by atoms with Crippen molar-refractivity contribution in [2.75, 3.05) is 19.7 Å². The number of carbonyl (C=O) groups is 1. The Morgan fingerprint density at radius 3 is 2.37 bits per heavy atom. The number of alkyl halides is 3. The van der Waals surface area contributed by atoms with Crippen LogP contribution in [0, 0.1) is 6.92 Å². The Kier molecular flexibility index (Phi) is 5.78. The molecule has 1 aromatic carbocycles. The average Bonchev–Trinajstić information content (AvgIpc) is 3.05. The van der Waals surface area contributed by atoms with E-state index in [-0.39, 0.29) is 24.2 Å². The fourth-order valence-corrected chi connectivity index (χ4v) is 3.40. The SMILES string of the molecule is CCOC(=O)[C@@]1(C(F)(F)F)N=C(N(CC)CC)Oc2c1c(C)nn2-c1ccccc1. The minimum absolute atomic E-state index is 0.0263. The van der Waals surface area contributed by atoms with Gasteiger partial charge in [0, 0.05) is 13.1 Å². The first-order chi connectivity index (χ1) is 14.2. The fraction of sp³-hybridized carbons (Fsp3) is 0.450. The van der Waals surface area contributed by atoms with E-state index < -0.39 is 23.2 Å². The number of nitrogens with zero attached hydrogens (tertiary/aromatic N) is 4. The lowest BCUT2D eigenvalue weighted by molar-refractivity contribution is -0.209. The van der Waals surface area contributed by atoms with Crippen LogP contribution in [0.15, 0.2) is 35.3 Å². The van der Waals surface area contributed by atoms with Gasteiger partial charge in [-0.05, 0) is 39.8 Å². The maximum absolute atomic E-state index is 14.6. The maximum Gasteiger partial charge on any atom is 0.429 e. The molecule has 7 nitrogen and oxygen atoms in total. The predicted octanol–water partition coefficient (Wildman–Crippen LogP) is 3.59. The lowest BCUT2D eigenvalue weighted by Gasteiger charge is -2.36. The lowest BCUT2D eigenvalue weighted by Crippen LogP contribution is -2.53. The van der Waals surface area contributed by atoms with E-state index in [1.807, 2.05) is 0 Å². The highest BCUT2D eigenvalue weighted by Crippen LogP contribution is 2.51. The van der Waals surface area contributed by atoms with Crippen LogP contribution in [0.1, 0.15) is 32.0 Å². The number of hydrogen-bond acceptors (Lipinski definition) is 6. The number of benzene rings is 1. The van der Waals surface area contributed by atoms with Gasteiger partial charge in [0.15, 0.2) is 0 Å². The van der Waals surface area contributed by atoms with E-state index in [0.717, 1.165) is 0 Å². The van der Waals surface area contributed by atoms with Crippen molar-refractivity contribution in [2.24, 2.45) is 4.99 Å². The summed E-state index contributed by atoms with van der Waals surface area (Å²) in [7, 11) is 0. The Morgan fingerprint density at radius 1 is 1.20 bits per heavy atom. The normalized spacial score (nSPS) is 18.3. The Morgan fingerprint density at radius 2 is 1.83 bits per heavy atom. The van der Waals surface area contributed by atoms with Crippen LogP contribution in [0.2, 0.25) is 0 Å². The van der Waals surface area contributed by atoms with Gasteiger partial charge in [0.05, 0.1) is 23.6 Å². The molecule has 2 heterocycles. The zero-order valence-electron chi connectivity index (χ0n) is 17.2. The Balaban J connectivity index is 2.37. The minimum Gasteiger partial charge on any atom is -0.464 e. The summed E-state index contributed by atoms with van der Waals surface area (Å²) in [5, 5.41) is 4.25. The van der Waals surface area contributed by atoms with E-state index in [1.165, 1.54) is 23.4 Å². The van der Waals surface area contributed by atoms with Gasteiger partial charge in [0.2, 0.25) is 5.88 Å². The molecule has 1 aromatic heterocycles. The molecule has 0 radical (unpaired) electrons. The summed E-state index contributed by atoms with van der Waals surface area (Å²) in [5.74, 6) is -1.72. The summed E-state index contributed by atoms with van der Waals surface area (Å²) in [6, 6.07) is 8.27. The lowest BCUT2D eigenvalue weighted by atomic mass is 9.88. The Bertz CT molecular complexity index is 952. The second-order valence-corrected chi connectivity index (χ2v) is 6.61. The number of esters is 1. The highest BCUT2D eigenvalue weighted by molar-refractivity contribution is 5.92. The molecule has 30 heavy (non-hydrogen) atoms. The molecular weight excluding hydrogens is 401 g/mol. The molecule has 162 valence electrons. The third kappa shape index (κ3) is 3.29. The van der Waals surface area contributed by atoms with E-state index in [0.29, 0.717) is 18.8 Å². The number of rotatable bonds is 5. The molecule has 0 spiro atoms. The number of aliphatic imine (C=N–C) groups is 1. The number of amidine groups is 1. The van der Waals surface area contributed by atoms with Crippen LogP contribution >= 0.6 is 0 Å². The van der Waals surface area contributed by atoms with Crippen molar-refractivity contribution in [1.29, 1.82) is 0 Å². The van der Waals surface area contributed by atoms with E-state index in [9.17, 15) is 18.0 Å². The van der Waals surface area contributed by atoms with Crippen molar-refractivity contribution >= 4 is 12.0 Å². The summed E-state index contributed by atoms with van der Waals surface area (Å²) in [4.78, 5) is 18.1. The van der Waals surface area contributed by atoms with Gasteiger partial charge < -0.3 is 14.4 Å². The number of ether oxygens (including phenoxy) is 2. The number of fused-ring (bicyclic) bond motifs is 1. The van der Waals surface area contributed by atoms with Crippen molar-refractivity contribution in [3.05, 3.63) is 41.6 Å². The van der Waals surface area contributed by atoms with Gasteiger partial charge >= 0.3 is 12.1 Å². The van der Waals surface area contributed by atoms with Crippen molar-refractivity contribution < 1.29 is 27.4 Å². The van der Waals surface area contributed by atoms with Crippen LogP contribution in [0.25, 0.3) is 5.69 Å². The second-order valence-electron chi connectivity index (χ2n) is 6.61. The predicted molar refractivity (Wildman–Crippen MR) is 104 cm³/mol. The molecule has 0 saturated carbocycles. The number of carbonyl (C=O) groups excluding carboxylic acids is 1. The molecule has 0 saturated heterocycles. The van der Waals surface area contributed by atoms with Gasteiger partial charge in [-0.3, -0.25) is 0 Å². The summed E-state index contributed by atoms with van der Waals surface area (Å²) >= 11 is 0. The molecular formula is C20H23F3N4O3. The van der Waals surface area contributed by atoms with Crippen LogP contribution in [0.4, 0.5) is 13.2 Å². The number of hydrogen-bond donors (Lipinski definition) is 0. The highest BCUT2D eigenvalue weighted by atomic mass is 19.4. The molecule has 2 aromatic rings. The molecule has 0 bridgehead atoms. The number of aryl methyl sites for hydroxylation is 1. The molecule has 0 N–H and O–H groups in total. The first-order valence-electron chi connectivity index (χ1n) is 9.63. The van der Waals surface area contributed by atoms with Crippen molar-refractivity contribution in [1.82, 2.24) is 14.7 Å². The van der Waals surface area contributed by atoms with E-state index in [2.05, 4.69) is 10.1 Å². The van der Waals surface area contributed by atoms with Gasteiger partial charge in [-0.15, -0.1) is 0 Å². The second kappa shape index (κ2) is 8.00. The number of para-hydroxylation sites is 1. The third-order valence-electron chi connectivity index (χ3n) is 4.85. The zero-order chi connectivity index (χ0) is 22.1. The van der Waals surface area contributed by atoms with Crippen LogP contribution in [-0.4, -0.2) is 52.5 Å². The van der Waals surface area contributed by atoms with Gasteiger partial charge in [-0.25, -0.2) is 14.5 Å². The van der Waals surface area contributed by atoms with Crippen molar-refractivity contribution in [3.63, 3.8) is 0 Å². The summed E-state index contributed by atoms with van der Waals surface area (Å²) in [6.45, 7) is 6.78. The molecule has 0 aliphatic carbocycles. The van der Waals surface area contributed by atoms with Gasteiger partial charge in [-0.2, -0.15) is 18.3 Å². The Labute approximate surface area is 172 Å². The summed E-state index contributed by atoms with van der Waals surface area (Å²) < 4.78 is 55.6. The third-order valence-corrected chi connectivity index (χ3v) is 4.85. The summed E-state index contributed by atoms with van der Waals surface area (Å²) in [6.07, 6.45) is -5.08. The fourth-order valence-electron chi connectivity index (χ4n) is 3.40. The highest BCUT2D eigenvalue weighted by Gasteiger charge is 2.68. The quantitative estimate of drug-likeness (QED) is 0.687. The molecule has 0 unspecified atom stereocenters. The number of halogens is 3. The standard InChI is InChI=1S/C20H23F3N4O3/c1-5-26(6-2)18-24-19(20(21,22)23,17(28)29-7-3)15-13(4)25-27(16(15)30-18)14-11-9-8-10-12-14/h8-12H,5-7H2,1-4H3/t19-/m0/s1. The topological polar surface area (TPSA) is 68.9 Å². The molecule has 1 aliphatic heterocycles. The van der Waals surface area contributed by atoms with Crippen molar-refractivity contribution in [2.45, 2.75) is 39.4 Å². The van der Waals surface area contributed by atoms with Gasteiger partial charge in [-0.1, -0.05) is 18.2 Å². The van der Waals surface area contributed by atoms with E-state index >= 15 is 0 Å². The monoisotopic (exact) mass is 424 g/mol. The molecule has 3 rings (SSSR count). The largest absolute Gasteiger partial charge is 0.464 e. The molecule has 1 atom stereocenters. The molecule has 10 heteroatoms. The maximum atomic E-state index is 14.6. The first kappa shape index (κ1) is 21.7. The number of aromatic nitrogens is 2. The zero-order valence-corrected chi connectivity index (χ0v) is 17.2. The van der Waals surface area contributed by atoms with Crippen LogP contribution in [-0.2, 0) is 15.1 Å². The smallest absolute Gasteiger partial charge is 0.429 e. The molecule has 0 fully saturated rings. The van der Waals surface area contributed by atoms with Crippen LogP contribution < -0.4 is 4.74 Å². The first-order valence-corrected chi connectivity index (χ1v) is 9.63. The van der Waals surface area contributed by atoms with E-state index in [1.54, 1.807) is 44.2 Å². The molecule has 0 amide bonds. The van der Waals surface area contributed by atoms with Crippen LogP contribution in [0.5, 0.6) is 5.88 Å². The molecule has 1 aliphatic rings. The Hall–Kier alpha value is -3.04. The average molecular weight is 424 g/mol. The van der Waals surface area contributed by atoms with Crippen LogP contribution in [0.3, 0.4) is 0 Å². The van der Waals surface area contributed by atoms with E-state index in [4.69, 9.17) is 9.47 Å².